The molecule has 0 aliphatic heterocycles. The molecule has 0 fully saturated rings. The smallest absolute Gasteiger partial charge is 0.348 e. The normalized spacial score (nSPS) is 10.5. The first kappa shape index (κ1) is 17.9. The van der Waals surface area contributed by atoms with Crippen molar-refractivity contribution in [1.82, 2.24) is 0 Å². The lowest BCUT2D eigenvalue weighted by Crippen LogP contribution is -2.09. The van der Waals surface area contributed by atoms with Gasteiger partial charge in [0.15, 0.2) is 0 Å². The van der Waals surface area contributed by atoms with Gasteiger partial charge in [-0.05, 0) is 24.4 Å². The first-order valence-corrected chi connectivity index (χ1v) is 9.32. The lowest BCUT2D eigenvalue weighted by atomic mass is 10.1. The Morgan fingerprint density at radius 2 is 1.96 bits per heavy atom. The molecule has 0 bridgehead atoms. The van der Waals surface area contributed by atoms with Gasteiger partial charge in [0.05, 0.1) is 12.2 Å². The third kappa shape index (κ3) is 3.40. The molecule has 0 saturated carbocycles. The summed E-state index contributed by atoms with van der Waals surface area (Å²) in [6.45, 7) is 1.65. The fourth-order valence-electron chi connectivity index (χ4n) is 2.40. The van der Waals surface area contributed by atoms with E-state index in [1.807, 2.05) is 30.3 Å². The van der Waals surface area contributed by atoms with Crippen LogP contribution in [0.15, 0.2) is 30.3 Å². The summed E-state index contributed by atoms with van der Waals surface area (Å²) in [6, 6.07) is 11.3. The van der Waals surface area contributed by atoms with Crippen molar-refractivity contribution < 1.29 is 19.1 Å². The summed E-state index contributed by atoms with van der Waals surface area (Å²) in [5.41, 5.74) is 6.23. The molecule has 0 atom stereocenters. The van der Waals surface area contributed by atoms with E-state index in [9.17, 15) is 14.9 Å². The molecule has 3 aromatic rings. The zero-order valence-corrected chi connectivity index (χ0v) is 15.4. The number of carbonyl (C=O) groups excluding carboxylic acids is 2. The maximum Gasteiger partial charge on any atom is 0.348 e. The molecule has 0 saturated heterocycles. The van der Waals surface area contributed by atoms with Crippen LogP contribution < -0.4 is 5.73 Å². The second kappa shape index (κ2) is 7.56. The second-order valence-corrected chi connectivity index (χ2v) is 7.34. The molecule has 2 N–H and O–H groups in total. The molecule has 1 aromatic carbocycles. The highest BCUT2D eigenvalue weighted by atomic mass is 32.1. The van der Waals surface area contributed by atoms with E-state index in [-0.39, 0.29) is 34.2 Å². The van der Waals surface area contributed by atoms with Gasteiger partial charge in [0.1, 0.15) is 27.4 Å². The number of thiophene rings is 2. The zero-order chi connectivity index (χ0) is 18.7. The fraction of sp³-hybridized carbons (Fsp3) is 0.167. The van der Waals surface area contributed by atoms with Gasteiger partial charge in [-0.2, -0.15) is 5.26 Å². The molecule has 6 nitrogen and oxygen atoms in total. The van der Waals surface area contributed by atoms with Crippen LogP contribution in [0.3, 0.4) is 0 Å². The molecule has 0 aliphatic carbocycles. The molecule has 3 rings (SSSR count). The predicted octanol–water partition coefficient (Wildman–Crippen LogP) is 3.95. The maximum atomic E-state index is 12.4. The first-order chi connectivity index (χ1) is 12.5. The summed E-state index contributed by atoms with van der Waals surface area (Å²) < 4.78 is 11.3. The van der Waals surface area contributed by atoms with Gasteiger partial charge in [-0.3, -0.25) is 0 Å². The number of nitrogens with zero attached hydrogens (tertiary/aromatic N) is 1. The van der Waals surface area contributed by atoms with Crippen LogP contribution in [0.25, 0.3) is 10.1 Å². The Bertz CT molecular complexity index is 997. The topological polar surface area (TPSA) is 102 Å². The summed E-state index contributed by atoms with van der Waals surface area (Å²) in [7, 11) is 0. The molecule has 2 heterocycles. The number of benzene rings is 1. The highest BCUT2D eigenvalue weighted by Gasteiger charge is 2.24. The van der Waals surface area contributed by atoms with Crippen LogP contribution >= 0.6 is 22.7 Å². The molecule has 2 aromatic heterocycles. The summed E-state index contributed by atoms with van der Waals surface area (Å²) in [4.78, 5) is 25.1. The summed E-state index contributed by atoms with van der Waals surface area (Å²) >= 11 is 2.28. The van der Waals surface area contributed by atoms with Crippen molar-refractivity contribution in [2.45, 2.75) is 13.5 Å². The molecular formula is C18H14N2O4S2. The van der Waals surface area contributed by atoms with Crippen molar-refractivity contribution in [2.75, 3.05) is 12.3 Å². The van der Waals surface area contributed by atoms with Gasteiger partial charge < -0.3 is 15.2 Å². The van der Waals surface area contributed by atoms with E-state index in [1.165, 1.54) is 11.3 Å². The van der Waals surface area contributed by atoms with E-state index in [2.05, 4.69) is 0 Å². The lowest BCUT2D eigenvalue weighted by molar-refractivity contribution is 0.0457. The van der Waals surface area contributed by atoms with Gasteiger partial charge in [-0.25, -0.2) is 9.59 Å². The number of rotatable bonds is 5. The van der Waals surface area contributed by atoms with E-state index in [0.29, 0.717) is 4.88 Å². The summed E-state index contributed by atoms with van der Waals surface area (Å²) in [5, 5.41) is 10.4. The Morgan fingerprint density at radius 1 is 1.19 bits per heavy atom. The maximum absolute atomic E-state index is 12.4. The highest BCUT2D eigenvalue weighted by Crippen LogP contribution is 2.32. The quantitative estimate of drug-likeness (QED) is 0.666. The van der Waals surface area contributed by atoms with Crippen LogP contribution in [-0.4, -0.2) is 18.5 Å². The van der Waals surface area contributed by atoms with Gasteiger partial charge >= 0.3 is 11.9 Å². The first-order valence-electron chi connectivity index (χ1n) is 7.69. The number of fused-ring (bicyclic) bond motifs is 1. The largest absolute Gasteiger partial charge is 0.462 e. The molecule has 0 spiro atoms. The van der Waals surface area contributed by atoms with Crippen LogP contribution in [0.5, 0.6) is 0 Å². The third-order valence-corrected chi connectivity index (χ3v) is 5.72. The van der Waals surface area contributed by atoms with Crippen molar-refractivity contribution in [3.8, 4) is 6.07 Å². The van der Waals surface area contributed by atoms with Crippen LogP contribution in [0.2, 0.25) is 0 Å². The van der Waals surface area contributed by atoms with Crippen LogP contribution in [0.1, 0.15) is 37.4 Å². The highest BCUT2D eigenvalue weighted by molar-refractivity contribution is 7.20. The van der Waals surface area contributed by atoms with Gasteiger partial charge in [0.2, 0.25) is 0 Å². The van der Waals surface area contributed by atoms with E-state index < -0.39 is 11.9 Å². The Balaban J connectivity index is 1.83. The molecule has 0 amide bonds. The van der Waals surface area contributed by atoms with E-state index in [1.54, 1.807) is 13.0 Å². The Hall–Kier alpha value is -2.89. The van der Waals surface area contributed by atoms with Gasteiger partial charge in [-0.15, -0.1) is 22.7 Å². The van der Waals surface area contributed by atoms with Crippen molar-refractivity contribution in [3.05, 3.63) is 51.2 Å². The standard InChI is InChI=1S/C18H14N2O4S2/c1-2-23-18(22)15-12(11(8-19)16(20)26-15)9-24-17(21)14-7-10-5-3-4-6-13(10)25-14/h3-7H,2,9,20H2,1H3. The molecule has 0 aliphatic rings. The number of nitriles is 1. The van der Waals surface area contributed by atoms with Gasteiger partial charge in [0, 0.05) is 10.3 Å². The van der Waals surface area contributed by atoms with Crippen molar-refractivity contribution in [1.29, 1.82) is 5.26 Å². The minimum absolute atomic E-state index is 0.141. The third-order valence-electron chi connectivity index (χ3n) is 3.58. The Kier molecular flexibility index (Phi) is 5.21. The van der Waals surface area contributed by atoms with Crippen LogP contribution in [-0.2, 0) is 16.1 Å². The number of hydrogen-bond donors (Lipinski definition) is 1. The van der Waals surface area contributed by atoms with Gasteiger partial charge in [-0.1, -0.05) is 18.2 Å². The second-order valence-electron chi connectivity index (χ2n) is 5.21. The monoisotopic (exact) mass is 386 g/mol. The average Bonchev–Trinajstić information content (AvgIpc) is 3.20. The zero-order valence-electron chi connectivity index (χ0n) is 13.8. The van der Waals surface area contributed by atoms with E-state index in [4.69, 9.17) is 15.2 Å². The Morgan fingerprint density at radius 3 is 2.65 bits per heavy atom. The van der Waals surface area contributed by atoms with Crippen molar-refractivity contribution >= 4 is 49.7 Å². The minimum atomic E-state index is -0.585. The number of nitrogen functional groups attached to an aromatic ring is 1. The van der Waals surface area contributed by atoms with Crippen LogP contribution in [0, 0.1) is 11.3 Å². The molecular weight excluding hydrogens is 372 g/mol. The molecule has 0 unspecified atom stereocenters. The Labute approximate surface area is 157 Å². The number of esters is 2. The molecule has 26 heavy (non-hydrogen) atoms. The number of carbonyl (C=O) groups is 2. The minimum Gasteiger partial charge on any atom is -0.462 e. The number of anilines is 1. The van der Waals surface area contributed by atoms with Crippen molar-refractivity contribution in [3.63, 3.8) is 0 Å². The number of hydrogen-bond acceptors (Lipinski definition) is 8. The molecule has 0 radical (unpaired) electrons. The van der Waals surface area contributed by atoms with Crippen molar-refractivity contribution in [2.24, 2.45) is 0 Å². The SMILES string of the molecule is CCOC(=O)c1sc(N)c(C#N)c1COC(=O)c1cc2ccccc2s1. The lowest BCUT2D eigenvalue weighted by Gasteiger charge is -2.05. The number of ether oxygens (including phenoxy) is 2. The predicted molar refractivity (Wildman–Crippen MR) is 100 cm³/mol. The molecule has 8 heteroatoms. The van der Waals surface area contributed by atoms with Gasteiger partial charge in [0.25, 0.3) is 0 Å². The van der Waals surface area contributed by atoms with Crippen LogP contribution in [0.4, 0.5) is 5.00 Å². The number of nitrogens with two attached hydrogens (primary N) is 1. The average molecular weight is 386 g/mol. The van der Waals surface area contributed by atoms with E-state index in [0.717, 1.165) is 21.4 Å². The van der Waals surface area contributed by atoms with E-state index >= 15 is 0 Å². The molecule has 132 valence electrons. The summed E-state index contributed by atoms with van der Waals surface area (Å²) in [6.07, 6.45) is 0. The summed E-state index contributed by atoms with van der Waals surface area (Å²) in [5.74, 6) is -1.10. The fourth-order valence-corrected chi connectivity index (χ4v) is 4.27.